The summed E-state index contributed by atoms with van der Waals surface area (Å²) in [7, 11) is 0. The van der Waals surface area contributed by atoms with Crippen molar-refractivity contribution in [2.75, 3.05) is 11.4 Å². The Morgan fingerprint density at radius 2 is 1.93 bits per heavy atom. The van der Waals surface area contributed by atoms with Gasteiger partial charge in [-0.15, -0.1) is 11.3 Å². The molecule has 144 valence electrons. The Kier molecular flexibility index (Phi) is 5.18. The molecule has 0 aliphatic carbocycles. The molecule has 0 N–H and O–H groups in total. The molecule has 1 aliphatic rings. The van der Waals surface area contributed by atoms with Crippen LogP contribution in [0.25, 0.3) is 11.3 Å². The molecule has 0 bridgehead atoms. The number of aromatic nitrogens is 1. The maximum Gasteiger partial charge on any atom is 0.267 e. The lowest BCUT2D eigenvalue weighted by molar-refractivity contribution is -0.125. The fourth-order valence-corrected chi connectivity index (χ4v) is 4.51. The lowest BCUT2D eigenvalue weighted by Gasteiger charge is -2.33. The Morgan fingerprint density at radius 1 is 1.14 bits per heavy atom. The number of amides is 1. The minimum atomic E-state index is -0.460. The number of nitrogens with zero attached hydrogens (tertiary/aromatic N) is 2. The number of hydrogen-bond acceptors (Lipinski definition) is 4. The first kappa shape index (κ1) is 18.7. The number of anilines is 1. The Balaban J connectivity index is 1.61. The Hall–Kier alpha value is -2.66. The van der Waals surface area contributed by atoms with E-state index in [1.54, 1.807) is 11.3 Å². The van der Waals surface area contributed by atoms with Crippen molar-refractivity contribution >= 4 is 22.9 Å². The summed E-state index contributed by atoms with van der Waals surface area (Å²) in [5, 5.41) is 1.05. The molecule has 0 radical (unpaired) electrons. The van der Waals surface area contributed by atoms with Gasteiger partial charge >= 0.3 is 0 Å². The first-order valence-electron chi connectivity index (χ1n) is 9.63. The van der Waals surface area contributed by atoms with E-state index in [-0.39, 0.29) is 5.91 Å². The van der Waals surface area contributed by atoms with Gasteiger partial charge in [0.2, 0.25) is 0 Å². The van der Waals surface area contributed by atoms with Gasteiger partial charge in [-0.1, -0.05) is 30.3 Å². The second-order valence-electron chi connectivity index (χ2n) is 7.16. The number of fused-ring (bicyclic) bond motifs is 1. The van der Waals surface area contributed by atoms with Crippen molar-refractivity contribution in [1.82, 2.24) is 4.98 Å². The Labute approximate surface area is 169 Å². The van der Waals surface area contributed by atoms with Crippen molar-refractivity contribution in [2.24, 2.45) is 0 Å². The monoisotopic (exact) mass is 392 g/mol. The molecule has 0 saturated heterocycles. The van der Waals surface area contributed by atoms with Gasteiger partial charge in [-0.05, 0) is 57.4 Å². The van der Waals surface area contributed by atoms with E-state index in [0.29, 0.717) is 6.54 Å². The van der Waals surface area contributed by atoms with E-state index in [0.717, 1.165) is 40.5 Å². The van der Waals surface area contributed by atoms with Crippen LogP contribution in [-0.2, 0) is 11.2 Å². The minimum Gasteiger partial charge on any atom is -0.479 e. The topological polar surface area (TPSA) is 42.4 Å². The van der Waals surface area contributed by atoms with Crippen LogP contribution in [0, 0.1) is 13.8 Å². The number of benzene rings is 2. The molecule has 4 rings (SSSR count). The molecule has 1 unspecified atom stereocenters. The Morgan fingerprint density at radius 3 is 2.64 bits per heavy atom. The van der Waals surface area contributed by atoms with Crippen LogP contribution in [0.1, 0.15) is 28.8 Å². The van der Waals surface area contributed by atoms with Gasteiger partial charge < -0.3 is 9.64 Å². The average Bonchev–Trinajstić information content (AvgIpc) is 3.03. The summed E-state index contributed by atoms with van der Waals surface area (Å²) in [6.45, 7) is 6.59. The molecular weight excluding hydrogens is 368 g/mol. The number of carbonyl (C=O) groups excluding carboxylic acids is 1. The molecule has 5 heteroatoms. The second kappa shape index (κ2) is 7.76. The van der Waals surface area contributed by atoms with Crippen molar-refractivity contribution in [3.8, 4) is 17.0 Å². The molecule has 2 heterocycles. The van der Waals surface area contributed by atoms with E-state index in [4.69, 9.17) is 4.74 Å². The van der Waals surface area contributed by atoms with Crippen LogP contribution in [-0.4, -0.2) is 23.5 Å². The average molecular weight is 393 g/mol. The second-order valence-corrected chi connectivity index (χ2v) is 8.57. The number of carbonyl (C=O) groups is 1. The number of ether oxygens (including phenoxy) is 1. The third-order valence-electron chi connectivity index (χ3n) is 5.03. The van der Waals surface area contributed by atoms with E-state index in [2.05, 4.69) is 36.2 Å². The first-order valence-corrected chi connectivity index (χ1v) is 10.4. The summed E-state index contributed by atoms with van der Waals surface area (Å²) in [4.78, 5) is 20.6. The van der Waals surface area contributed by atoms with Gasteiger partial charge in [0.1, 0.15) is 5.75 Å². The molecule has 28 heavy (non-hydrogen) atoms. The van der Waals surface area contributed by atoms with E-state index >= 15 is 0 Å². The van der Waals surface area contributed by atoms with Crippen LogP contribution in [0.3, 0.4) is 0 Å². The fraction of sp³-hybridized carbons (Fsp3) is 0.304. The van der Waals surface area contributed by atoms with Crippen molar-refractivity contribution in [3.05, 3.63) is 64.0 Å². The predicted molar refractivity (Wildman–Crippen MR) is 114 cm³/mol. The zero-order valence-corrected chi connectivity index (χ0v) is 17.3. The van der Waals surface area contributed by atoms with Crippen LogP contribution in [0.5, 0.6) is 5.75 Å². The molecule has 1 aromatic heterocycles. The summed E-state index contributed by atoms with van der Waals surface area (Å²) in [6.07, 6.45) is 1.39. The third-order valence-corrected chi connectivity index (χ3v) is 5.92. The lowest BCUT2D eigenvalue weighted by Crippen LogP contribution is -2.45. The molecule has 4 nitrogen and oxygen atoms in total. The molecule has 1 amide bonds. The van der Waals surface area contributed by atoms with Crippen molar-refractivity contribution in [1.29, 1.82) is 0 Å². The van der Waals surface area contributed by atoms with Crippen LogP contribution < -0.4 is 9.64 Å². The summed E-state index contributed by atoms with van der Waals surface area (Å²) >= 11 is 1.69. The molecule has 3 aromatic rings. The number of thiazole rings is 1. The van der Waals surface area contributed by atoms with Crippen molar-refractivity contribution < 1.29 is 9.53 Å². The van der Waals surface area contributed by atoms with Gasteiger partial charge in [-0.2, -0.15) is 0 Å². The van der Waals surface area contributed by atoms with Crippen LogP contribution in [0.2, 0.25) is 0 Å². The number of aryl methyl sites for hydroxylation is 3. The maximum atomic E-state index is 12.8. The molecule has 1 atom stereocenters. The van der Waals surface area contributed by atoms with E-state index in [1.807, 2.05) is 43.0 Å². The van der Waals surface area contributed by atoms with E-state index in [1.165, 1.54) is 10.4 Å². The van der Waals surface area contributed by atoms with Gasteiger partial charge in [-0.3, -0.25) is 4.79 Å². The predicted octanol–water partition coefficient (Wildman–Crippen LogP) is 5.17. The van der Waals surface area contributed by atoms with Gasteiger partial charge in [0.15, 0.2) is 6.10 Å². The SMILES string of the molecule is Cc1nc(-c2ccc3c(c2)N(CCCc2ccccc2)C(=O)C(C)O3)c(C)s1. The quantitative estimate of drug-likeness (QED) is 0.601. The minimum absolute atomic E-state index is 0.0175. The summed E-state index contributed by atoms with van der Waals surface area (Å²) in [6, 6.07) is 16.4. The van der Waals surface area contributed by atoms with Gasteiger partial charge in [-0.25, -0.2) is 4.98 Å². The van der Waals surface area contributed by atoms with Crippen LogP contribution in [0.4, 0.5) is 5.69 Å². The molecule has 2 aromatic carbocycles. The maximum absolute atomic E-state index is 12.8. The largest absolute Gasteiger partial charge is 0.479 e. The molecule has 0 spiro atoms. The summed E-state index contributed by atoms with van der Waals surface area (Å²) in [5.74, 6) is 0.782. The first-order chi connectivity index (χ1) is 13.5. The highest BCUT2D eigenvalue weighted by Crippen LogP contribution is 2.38. The molecule has 0 fully saturated rings. The van der Waals surface area contributed by atoms with Crippen molar-refractivity contribution in [2.45, 2.75) is 39.7 Å². The highest BCUT2D eigenvalue weighted by Gasteiger charge is 2.31. The van der Waals surface area contributed by atoms with Crippen molar-refractivity contribution in [3.63, 3.8) is 0 Å². The van der Waals surface area contributed by atoms with Crippen LogP contribution >= 0.6 is 11.3 Å². The highest BCUT2D eigenvalue weighted by molar-refractivity contribution is 7.11. The molecule has 0 saturated carbocycles. The lowest BCUT2D eigenvalue weighted by atomic mass is 10.1. The standard InChI is InChI=1S/C23H24N2O2S/c1-15-23(26)25(13-7-10-18-8-5-4-6-9-18)20-14-19(11-12-21(20)27-15)22-16(2)28-17(3)24-22/h4-6,8-9,11-12,14-15H,7,10,13H2,1-3H3. The van der Waals surface area contributed by atoms with Gasteiger partial charge in [0, 0.05) is 17.0 Å². The Bertz CT molecular complexity index is 997. The zero-order chi connectivity index (χ0) is 19.7. The molecular formula is C23H24N2O2S. The van der Waals surface area contributed by atoms with Gasteiger partial charge in [0.05, 0.1) is 16.4 Å². The fourth-order valence-electron chi connectivity index (χ4n) is 3.67. The van der Waals surface area contributed by atoms with Crippen LogP contribution in [0.15, 0.2) is 48.5 Å². The smallest absolute Gasteiger partial charge is 0.267 e. The third kappa shape index (κ3) is 3.67. The number of rotatable bonds is 5. The van der Waals surface area contributed by atoms with E-state index in [9.17, 15) is 4.79 Å². The highest BCUT2D eigenvalue weighted by atomic mass is 32.1. The molecule has 1 aliphatic heterocycles. The number of hydrogen-bond donors (Lipinski definition) is 0. The van der Waals surface area contributed by atoms with E-state index < -0.39 is 6.10 Å². The summed E-state index contributed by atoms with van der Waals surface area (Å²) in [5.41, 5.74) is 4.15. The normalized spacial score (nSPS) is 16.0. The van der Waals surface area contributed by atoms with Gasteiger partial charge in [0.25, 0.3) is 5.91 Å². The summed E-state index contributed by atoms with van der Waals surface area (Å²) < 4.78 is 5.86. The zero-order valence-electron chi connectivity index (χ0n) is 16.4.